The smallest absolute Gasteiger partial charge is 0.410 e. The molecule has 3 heterocycles. The van der Waals surface area contributed by atoms with E-state index < -0.39 is 5.60 Å². The summed E-state index contributed by atoms with van der Waals surface area (Å²) >= 11 is 3.12. The highest BCUT2D eigenvalue weighted by atomic mass is 32.1. The summed E-state index contributed by atoms with van der Waals surface area (Å²) in [5, 5.41) is 8.03. The number of anilines is 1. The van der Waals surface area contributed by atoms with Crippen LogP contribution in [0, 0.1) is 0 Å². The first kappa shape index (κ1) is 34.8. The number of para-hydroxylation sites is 1. The maximum atomic E-state index is 13.0. The molecule has 0 saturated carbocycles. The average molecular weight is 661 g/mol. The first-order valence-electron chi connectivity index (χ1n) is 15.4. The van der Waals surface area contributed by atoms with E-state index in [9.17, 15) is 14.4 Å². The van der Waals surface area contributed by atoms with E-state index in [-0.39, 0.29) is 24.4 Å². The highest BCUT2D eigenvalue weighted by Crippen LogP contribution is 2.45. The Balaban J connectivity index is 1.26. The summed E-state index contributed by atoms with van der Waals surface area (Å²) in [6.45, 7) is 11.8. The molecule has 1 aromatic carbocycles. The largest absolute Gasteiger partial charge is 0.466 e. The number of carbonyl (C=O) groups is 3. The average Bonchev–Trinajstić information content (AvgIpc) is 3.57. The molecule has 2 amide bonds. The molecule has 1 aliphatic rings. The summed E-state index contributed by atoms with van der Waals surface area (Å²) in [4.78, 5) is 44.8. The van der Waals surface area contributed by atoms with Crippen LogP contribution in [0.2, 0.25) is 0 Å². The van der Waals surface area contributed by atoms with Crippen molar-refractivity contribution in [2.24, 2.45) is 0 Å². The fraction of sp³-hybridized carbons (Fsp3) is 0.562. The van der Waals surface area contributed by atoms with Crippen LogP contribution in [-0.4, -0.2) is 86.1 Å². The Morgan fingerprint density at radius 2 is 1.78 bits per heavy atom. The molecular weight excluding hydrogens is 617 g/mol. The van der Waals surface area contributed by atoms with Crippen LogP contribution in [0.15, 0.2) is 24.3 Å². The fourth-order valence-electron chi connectivity index (χ4n) is 4.70. The molecule has 0 unspecified atom stereocenters. The van der Waals surface area contributed by atoms with E-state index in [1.54, 1.807) is 23.2 Å². The van der Waals surface area contributed by atoms with Crippen molar-refractivity contribution in [1.82, 2.24) is 15.2 Å². The Morgan fingerprint density at radius 1 is 1.00 bits per heavy atom. The summed E-state index contributed by atoms with van der Waals surface area (Å²) in [6, 6.07) is 8.02. The van der Waals surface area contributed by atoms with E-state index in [0.717, 1.165) is 42.7 Å². The topological polar surface area (TPSA) is 128 Å². The minimum absolute atomic E-state index is 0.0895. The molecule has 0 bridgehead atoms. The van der Waals surface area contributed by atoms with Gasteiger partial charge in [0.05, 0.1) is 43.0 Å². The number of amides is 2. The SMILES string of the molecule is CCOC(=O)CCOCCCOCCNCCC(=O)Nc1sc2c(c1-c1nc3ccccc3s1)CCN(C(=O)OC(C)(C)C)C2. The van der Waals surface area contributed by atoms with Crippen molar-refractivity contribution in [2.45, 2.75) is 65.5 Å². The number of hydrogen-bond acceptors (Lipinski definition) is 11. The summed E-state index contributed by atoms with van der Waals surface area (Å²) < 4.78 is 22.6. The van der Waals surface area contributed by atoms with E-state index in [4.69, 9.17) is 23.9 Å². The molecule has 246 valence electrons. The summed E-state index contributed by atoms with van der Waals surface area (Å²) in [5.74, 6) is -0.336. The number of hydrogen-bond donors (Lipinski definition) is 2. The van der Waals surface area contributed by atoms with Crippen LogP contribution in [0.25, 0.3) is 20.8 Å². The molecule has 0 aliphatic carbocycles. The molecule has 45 heavy (non-hydrogen) atoms. The molecule has 4 rings (SSSR count). The number of aromatic nitrogens is 1. The van der Waals surface area contributed by atoms with Gasteiger partial charge in [0.25, 0.3) is 0 Å². The number of ether oxygens (including phenoxy) is 4. The Morgan fingerprint density at radius 3 is 2.53 bits per heavy atom. The van der Waals surface area contributed by atoms with Gasteiger partial charge in [-0.25, -0.2) is 9.78 Å². The molecule has 0 radical (unpaired) electrons. The molecule has 2 N–H and O–H groups in total. The van der Waals surface area contributed by atoms with Crippen molar-refractivity contribution < 1.29 is 33.3 Å². The minimum atomic E-state index is -0.569. The second-order valence-corrected chi connectivity index (χ2v) is 13.7. The molecule has 0 spiro atoms. The first-order valence-corrected chi connectivity index (χ1v) is 17.1. The second-order valence-electron chi connectivity index (χ2n) is 11.5. The summed E-state index contributed by atoms with van der Waals surface area (Å²) in [5.41, 5.74) is 2.45. The molecule has 13 heteroatoms. The van der Waals surface area contributed by atoms with Crippen molar-refractivity contribution in [1.29, 1.82) is 0 Å². The lowest BCUT2D eigenvalue weighted by molar-refractivity contribution is -0.144. The van der Waals surface area contributed by atoms with Crippen LogP contribution in [-0.2, 0) is 41.5 Å². The Hall–Kier alpha value is -3.10. The van der Waals surface area contributed by atoms with Gasteiger partial charge >= 0.3 is 12.1 Å². The molecular formula is C32H44N4O7S2. The Kier molecular flexibility index (Phi) is 13.1. The summed E-state index contributed by atoms with van der Waals surface area (Å²) in [6.07, 6.45) is 1.64. The molecule has 1 aliphatic heterocycles. The number of esters is 1. The van der Waals surface area contributed by atoms with Crippen molar-refractivity contribution in [2.75, 3.05) is 58.0 Å². The van der Waals surface area contributed by atoms with Crippen molar-refractivity contribution in [3.8, 4) is 10.6 Å². The second kappa shape index (κ2) is 17.0. The predicted molar refractivity (Wildman–Crippen MR) is 177 cm³/mol. The van der Waals surface area contributed by atoms with Gasteiger partial charge in [-0.15, -0.1) is 22.7 Å². The Labute approximate surface area is 272 Å². The van der Waals surface area contributed by atoms with Gasteiger partial charge in [-0.05, 0) is 58.2 Å². The number of rotatable bonds is 16. The van der Waals surface area contributed by atoms with Crippen LogP contribution in [0.4, 0.5) is 9.80 Å². The van der Waals surface area contributed by atoms with E-state index in [2.05, 4.69) is 16.7 Å². The number of benzene rings is 1. The first-order chi connectivity index (χ1) is 21.6. The zero-order chi connectivity index (χ0) is 32.2. The predicted octanol–water partition coefficient (Wildman–Crippen LogP) is 5.61. The standard InChI is InChI=1S/C32H44N4O7S2/c1-5-42-27(38)13-19-40-17-8-18-41-20-15-33-14-11-26(37)35-30-28(29-34-23-9-6-7-10-24(23)44-29)22-12-16-36(21-25(22)45-30)31(39)43-32(2,3)4/h6-7,9-10,33H,5,8,11-21H2,1-4H3,(H,35,37). The molecule has 11 nitrogen and oxygen atoms in total. The van der Waals surface area contributed by atoms with Gasteiger partial charge in [-0.2, -0.15) is 0 Å². The molecule has 0 fully saturated rings. The van der Waals surface area contributed by atoms with E-state index in [1.165, 1.54) is 11.3 Å². The van der Waals surface area contributed by atoms with Gasteiger partial charge in [0, 0.05) is 49.7 Å². The molecule has 2 aromatic heterocycles. The maximum Gasteiger partial charge on any atom is 0.410 e. The van der Waals surface area contributed by atoms with Crippen molar-refractivity contribution >= 4 is 55.9 Å². The maximum absolute atomic E-state index is 13.0. The Bertz CT molecular complexity index is 1400. The quantitative estimate of drug-likeness (QED) is 0.149. The van der Waals surface area contributed by atoms with Crippen LogP contribution in [0.1, 0.15) is 57.4 Å². The number of thiazole rings is 1. The lowest BCUT2D eigenvalue weighted by Gasteiger charge is -2.30. The van der Waals surface area contributed by atoms with Gasteiger partial charge in [0.1, 0.15) is 15.6 Å². The van der Waals surface area contributed by atoms with Crippen LogP contribution >= 0.6 is 22.7 Å². The molecule has 0 atom stereocenters. The normalized spacial score (nSPS) is 13.1. The van der Waals surface area contributed by atoms with Gasteiger partial charge in [0.2, 0.25) is 5.91 Å². The van der Waals surface area contributed by atoms with Crippen molar-refractivity contribution in [3.05, 3.63) is 34.7 Å². The lowest BCUT2D eigenvalue weighted by atomic mass is 10.0. The van der Waals surface area contributed by atoms with Gasteiger partial charge in [-0.1, -0.05) is 12.1 Å². The number of fused-ring (bicyclic) bond motifs is 2. The van der Waals surface area contributed by atoms with Crippen LogP contribution in [0.3, 0.4) is 0 Å². The highest BCUT2D eigenvalue weighted by molar-refractivity contribution is 7.22. The zero-order valence-corrected chi connectivity index (χ0v) is 28.2. The van der Waals surface area contributed by atoms with E-state index >= 15 is 0 Å². The number of carbonyl (C=O) groups excluding carboxylic acids is 3. The van der Waals surface area contributed by atoms with Crippen LogP contribution in [0.5, 0.6) is 0 Å². The van der Waals surface area contributed by atoms with Gasteiger partial charge in [-0.3, -0.25) is 9.59 Å². The number of nitrogens with one attached hydrogen (secondary N) is 2. The van der Waals surface area contributed by atoms with Gasteiger partial charge < -0.3 is 34.5 Å². The third kappa shape index (κ3) is 10.7. The molecule has 3 aromatic rings. The highest BCUT2D eigenvalue weighted by Gasteiger charge is 2.31. The fourth-order valence-corrected chi connectivity index (χ4v) is 7.09. The van der Waals surface area contributed by atoms with Crippen molar-refractivity contribution in [3.63, 3.8) is 0 Å². The minimum Gasteiger partial charge on any atom is -0.466 e. The third-order valence-electron chi connectivity index (χ3n) is 6.75. The van der Waals surface area contributed by atoms with Gasteiger partial charge in [0.15, 0.2) is 0 Å². The van der Waals surface area contributed by atoms with E-state index in [0.29, 0.717) is 72.1 Å². The number of thiophene rings is 1. The summed E-state index contributed by atoms with van der Waals surface area (Å²) in [7, 11) is 0. The molecule has 0 saturated heterocycles. The lowest BCUT2D eigenvalue weighted by Crippen LogP contribution is -2.39. The van der Waals surface area contributed by atoms with Crippen LogP contribution < -0.4 is 10.6 Å². The third-order valence-corrected chi connectivity index (χ3v) is 8.94. The number of nitrogens with zero attached hydrogens (tertiary/aromatic N) is 2. The monoisotopic (exact) mass is 660 g/mol. The van der Waals surface area contributed by atoms with E-state index in [1.807, 2.05) is 39.0 Å². The zero-order valence-electron chi connectivity index (χ0n) is 26.6.